The number of hydrogen-bond donors (Lipinski definition) is 0. The van der Waals surface area contributed by atoms with Crippen LogP contribution in [0.5, 0.6) is 0 Å². The quantitative estimate of drug-likeness (QED) is 0.875. The molecule has 0 radical (unpaired) electrons. The molecule has 21 heavy (non-hydrogen) atoms. The maximum absolute atomic E-state index is 5.80. The third-order valence-electron chi connectivity index (χ3n) is 3.33. The molecule has 0 bridgehead atoms. The van der Waals surface area contributed by atoms with Crippen molar-refractivity contribution in [2.45, 2.75) is 38.8 Å². The van der Waals surface area contributed by atoms with Gasteiger partial charge in [0.15, 0.2) is 11.6 Å². The molecule has 0 saturated carbocycles. The molecule has 0 amide bonds. The molecule has 1 saturated heterocycles. The lowest BCUT2D eigenvalue weighted by Crippen LogP contribution is -2.31. The van der Waals surface area contributed by atoms with Crippen molar-refractivity contribution in [3.05, 3.63) is 34.0 Å². The SMILES string of the molecule is CC(C)(C)n1nc(Cc2cccs2)nc1C1COCCO1. The van der Waals surface area contributed by atoms with E-state index in [1.165, 1.54) is 4.88 Å². The summed E-state index contributed by atoms with van der Waals surface area (Å²) in [4.78, 5) is 6.00. The zero-order valence-electron chi connectivity index (χ0n) is 12.7. The van der Waals surface area contributed by atoms with Gasteiger partial charge >= 0.3 is 0 Å². The van der Waals surface area contributed by atoms with Crippen LogP contribution in [0.15, 0.2) is 17.5 Å². The van der Waals surface area contributed by atoms with E-state index < -0.39 is 0 Å². The van der Waals surface area contributed by atoms with Crippen molar-refractivity contribution in [1.29, 1.82) is 0 Å². The highest BCUT2D eigenvalue weighted by atomic mass is 32.1. The van der Waals surface area contributed by atoms with E-state index in [4.69, 9.17) is 19.6 Å². The van der Waals surface area contributed by atoms with Gasteiger partial charge < -0.3 is 9.47 Å². The first-order valence-corrected chi connectivity index (χ1v) is 8.10. The lowest BCUT2D eigenvalue weighted by Gasteiger charge is -2.27. The largest absolute Gasteiger partial charge is 0.376 e. The van der Waals surface area contributed by atoms with E-state index in [9.17, 15) is 0 Å². The third-order valence-corrected chi connectivity index (χ3v) is 4.20. The predicted octanol–water partition coefficient (Wildman–Crippen LogP) is 2.77. The highest BCUT2D eigenvalue weighted by molar-refractivity contribution is 7.09. The van der Waals surface area contributed by atoms with Crippen molar-refractivity contribution in [3.8, 4) is 0 Å². The Morgan fingerprint density at radius 1 is 1.38 bits per heavy atom. The molecule has 1 aliphatic rings. The lowest BCUT2D eigenvalue weighted by molar-refractivity contribution is -0.0960. The standard InChI is InChI=1S/C15H21N3O2S/c1-15(2,3)18-14(12-10-19-6-7-20-12)16-13(17-18)9-11-5-4-8-21-11/h4-5,8,12H,6-7,9-10H2,1-3H3. The Morgan fingerprint density at radius 2 is 2.24 bits per heavy atom. The summed E-state index contributed by atoms with van der Waals surface area (Å²) in [5.74, 6) is 1.71. The average molecular weight is 307 g/mol. The Labute approximate surface area is 128 Å². The van der Waals surface area contributed by atoms with Crippen molar-refractivity contribution in [2.24, 2.45) is 0 Å². The predicted molar refractivity (Wildman–Crippen MR) is 81.7 cm³/mol. The summed E-state index contributed by atoms with van der Waals surface area (Å²) in [5.41, 5.74) is -0.128. The maximum Gasteiger partial charge on any atom is 0.159 e. The van der Waals surface area contributed by atoms with E-state index in [0.717, 1.165) is 18.1 Å². The van der Waals surface area contributed by atoms with Gasteiger partial charge in [0.25, 0.3) is 0 Å². The maximum atomic E-state index is 5.80. The molecule has 0 N–H and O–H groups in total. The smallest absolute Gasteiger partial charge is 0.159 e. The highest BCUT2D eigenvalue weighted by Crippen LogP contribution is 2.25. The van der Waals surface area contributed by atoms with Gasteiger partial charge in [-0.2, -0.15) is 5.10 Å². The molecule has 1 unspecified atom stereocenters. The molecule has 3 heterocycles. The summed E-state index contributed by atoms with van der Waals surface area (Å²) in [6.45, 7) is 8.20. The second kappa shape index (κ2) is 5.87. The molecule has 1 atom stereocenters. The second-order valence-corrected chi connectivity index (χ2v) is 7.19. The molecule has 5 nitrogen and oxygen atoms in total. The van der Waals surface area contributed by atoms with Crippen LogP contribution >= 0.6 is 11.3 Å². The van der Waals surface area contributed by atoms with Crippen LogP contribution in [0.2, 0.25) is 0 Å². The molecule has 1 fully saturated rings. The van der Waals surface area contributed by atoms with Crippen LogP contribution in [0.1, 0.15) is 43.4 Å². The summed E-state index contributed by atoms with van der Waals surface area (Å²) >= 11 is 1.73. The minimum Gasteiger partial charge on any atom is -0.376 e. The van der Waals surface area contributed by atoms with Gasteiger partial charge in [-0.05, 0) is 32.2 Å². The zero-order valence-corrected chi connectivity index (χ0v) is 13.5. The van der Waals surface area contributed by atoms with E-state index in [1.54, 1.807) is 11.3 Å². The van der Waals surface area contributed by atoms with E-state index in [0.29, 0.717) is 19.8 Å². The topological polar surface area (TPSA) is 49.2 Å². The van der Waals surface area contributed by atoms with Crippen LogP contribution in [0.25, 0.3) is 0 Å². The van der Waals surface area contributed by atoms with Crippen molar-refractivity contribution >= 4 is 11.3 Å². The first-order chi connectivity index (χ1) is 10.0. The van der Waals surface area contributed by atoms with E-state index in [2.05, 4.69) is 38.3 Å². The minimum atomic E-state index is -0.128. The Kier molecular flexibility index (Phi) is 4.10. The molecule has 0 spiro atoms. The van der Waals surface area contributed by atoms with Crippen molar-refractivity contribution in [2.75, 3.05) is 19.8 Å². The zero-order chi connectivity index (χ0) is 14.9. The van der Waals surface area contributed by atoms with Crippen molar-refractivity contribution in [1.82, 2.24) is 14.8 Å². The summed E-state index contributed by atoms with van der Waals surface area (Å²) in [6, 6.07) is 4.17. The van der Waals surface area contributed by atoms with Gasteiger partial charge in [-0.1, -0.05) is 6.07 Å². The first kappa shape index (κ1) is 14.7. The number of aromatic nitrogens is 3. The molecule has 2 aromatic rings. The van der Waals surface area contributed by atoms with Gasteiger partial charge in [-0.3, -0.25) is 0 Å². The molecule has 3 rings (SSSR count). The Morgan fingerprint density at radius 3 is 2.86 bits per heavy atom. The minimum absolute atomic E-state index is 0.123. The van der Waals surface area contributed by atoms with Gasteiger partial charge in [0, 0.05) is 11.3 Å². The first-order valence-electron chi connectivity index (χ1n) is 7.22. The second-order valence-electron chi connectivity index (χ2n) is 6.16. The molecule has 0 aromatic carbocycles. The van der Waals surface area contributed by atoms with Crippen molar-refractivity contribution < 1.29 is 9.47 Å². The lowest BCUT2D eigenvalue weighted by atomic mass is 10.1. The molecule has 6 heteroatoms. The van der Waals surface area contributed by atoms with Crippen LogP contribution < -0.4 is 0 Å². The Hall–Kier alpha value is -1.24. The van der Waals surface area contributed by atoms with Crippen LogP contribution in [0.3, 0.4) is 0 Å². The normalized spacial score (nSPS) is 19.9. The molecule has 0 aliphatic carbocycles. The fourth-order valence-electron chi connectivity index (χ4n) is 2.35. The molecule has 1 aliphatic heterocycles. The van der Waals surface area contributed by atoms with Gasteiger partial charge in [-0.25, -0.2) is 9.67 Å². The van der Waals surface area contributed by atoms with E-state index in [-0.39, 0.29) is 11.6 Å². The monoisotopic (exact) mass is 307 g/mol. The highest BCUT2D eigenvalue weighted by Gasteiger charge is 2.28. The molecule has 2 aromatic heterocycles. The Balaban J connectivity index is 1.91. The summed E-state index contributed by atoms with van der Waals surface area (Å²) in [6.07, 6.45) is 0.643. The van der Waals surface area contributed by atoms with Crippen LogP contribution in [-0.2, 0) is 21.4 Å². The third kappa shape index (κ3) is 3.33. The van der Waals surface area contributed by atoms with Gasteiger partial charge in [0.05, 0.1) is 25.4 Å². The summed E-state index contributed by atoms with van der Waals surface area (Å²) in [5, 5.41) is 6.79. The summed E-state index contributed by atoms with van der Waals surface area (Å²) < 4.78 is 13.3. The fourth-order valence-corrected chi connectivity index (χ4v) is 3.05. The number of rotatable bonds is 3. The fraction of sp³-hybridized carbons (Fsp3) is 0.600. The van der Waals surface area contributed by atoms with Crippen molar-refractivity contribution in [3.63, 3.8) is 0 Å². The average Bonchev–Trinajstić information content (AvgIpc) is 3.09. The Bertz CT molecular complexity index is 581. The number of hydrogen-bond acceptors (Lipinski definition) is 5. The van der Waals surface area contributed by atoms with E-state index >= 15 is 0 Å². The van der Waals surface area contributed by atoms with Crippen LogP contribution in [0, 0.1) is 0 Å². The van der Waals surface area contributed by atoms with Crippen LogP contribution in [-0.4, -0.2) is 34.6 Å². The van der Waals surface area contributed by atoms with Gasteiger partial charge in [0.1, 0.15) is 6.10 Å². The van der Waals surface area contributed by atoms with E-state index in [1.807, 2.05) is 4.68 Å². The van der Waals surface area contributed by atoms with Gasteiger partial charge in [-0.15, -0.1) is 11.3 Å². The molecule has 114 valence electrons. The van der Waals surface area contributed by atoms with Gasteiger partial charge in [0.2, 0.25) is 0 Å². The van der Waals surface area contributed by atoms with Crippen LogP contribution in [0.4, 0.5) is 0 Å². The number of nitrogens with zero attached hydrogens (tertiary/aromatic N) is 3. The molecular formula is C15H21N3O2S. The number of thiophene rings is 1. The summed E-state index contributed by atoms with van der Waals surface area (Å²) in [7, 11) is 0. The number of ether oxygens (including phenoxy) is 2. The molecular weight excluding hydrogens is 286 g/mol.